The molecule has 0 aromatic heterocycles. The summed E-state index contributed by atoms with van der Waals surface area (Å²) in [5.74, 6) is 1.81. The van der Waals surface area contributed by atoms with Gasteiger partial charge in [-0.05, 0) is 69.6 Å². The highest BCUT2D eigenvalue weighted by Gasteiger charge is 2.96. The minimum Gasteiger partial charge on any atom is -0.289 e. The summed E-state index contributed by atoms with van der Waals surface area (Å²) in [6.45, 7) is 0. The zero-order valence-corrected chi connectivity index (χ0v) is 15.9. The Morgan fingerprint density at radius 1 is 0.923 bits per heavy atom. The van der Waals surface area contributed by atoms with Crippen LogP contribution in [0.5, 0.6) is 0 Å². The first-order valence-corrected chi connectivity index (χ1v) is 10.2. The molecule has 6 aliphatic carbocycles. The zero-order valence-electron chi connectivity index (χ0n) is 13.5. The molecule has 26 heavy (non-hydrogen) atoms. The Kier molecular flexibility index (Phi) is 2.21. The molecule has 5 fully saturated rings. The second kappa shape index (κ2) is 3.97. The van der Waals surface area contributed by atoms with Crippen LogP contribution < -0.4 is 5.43 Å². The number of halogens is 2. The van der Waals surface area contributed by atoms with Gasteiger partial charge in [0.05, 0.1) is 21.5 Å². The van der Waals surface area contributed by atoms with E-state index < -0.39 is 10.8 Å². The third kappa shape index (κ3) is 1.06. The number of hydrogen-bond acceptors (Lipinski definition) is 3. The number of carbonyl (C=O) groups excluding carboxylic acids is 2. The molecular formula is C20H14BrClN2O2. The fourth-order valence-corrected chi connectivity index (χ4v) is 8.44. The highest BCUT2D eigenvalue weighted by Crippen LogP contribution is 2.91. The Morgan fingerprint density at radius 2 is 1.42 bits per heavy atom. The molecule has 7 aliphatic rings. The van der Waals surface area contributed by atoms with Gasteiger partial charge >= 0.3 is 0 Å². The van der Waals surface area contributed by atoms with Gasteiger partial charge in [0.25, 0.3) is 11.8 Å². The lowest BCUT2D eigenvalue weighted by Crippen LogP contribution is -2.50. The van der Waals surface area contributed by atoms with Crippen LogP contribution in [0, 0.1) is 46.3 Å². The van der Waals surface area contributed by atoms with E-state index >= 15 is 0 Å². The van der Waals surface area contributed by atoms with Gasteiger partial charge in [0, 0.05) is 4.47 Å². The van der Waals surface area contributed by atoms with E-state index in [-0.39, 0.29) is 35.5 Å². The summed E-state index contributed by atoms with van der Waals surface area (Å²) in [6, 6.07) is 5.34. The highest BCUT2D eigenvalue weighted by molar-refractivity contribution is 9.10. The van der Waals surface area contributed by atoms with E-state index in [9.17, 15) is 9.59 Å². The predicted molar refractivity (Wildman–Crippen MR) is 98.7 cm³/mol. The number of rotatable bonds is 2. The molecular weight excluding hydrogens is 416 g/mol. The topological polar surface area (TPSA) is 49.4 Å². The Morgan fingerprint density at radius 3 is 1.88 bits per heavy atom. The van der Waals surface area contributed by atoms with Gasteiger partial charge in [0.15, 0.2) is 0 Å². The van der Waals surface area contributed by atoms with Crippen molar-refractivity contribution in [2.24, 2.45) is 46.3 Å². The number of carbonyl (C=O) groups is 2. The van der Waals surface area contributed by atoms with Crippen molar-refractivity contribution >= 4 is 45.0 Å². The van der Waals surface area contributed by atoms with E-state index in [1.807, 2.05) is 0 Å². The minimum absolute atomic E-state index is 0.0326. The molecule has 1 saturated heterocycles. The largest absolute Gasteiger partial charge is 0.289 e. The number of anilines is 1. The van der Waals surface area contributed by atoms with Gasteiger partial charge in [0.1, 0.15) is 0 Å². The third-order valence-electron chi connectivity index (χ3n) is 8.22. The highest BCUT2D eigenvalue weighted by atomic mass is 79.9. The molecule has 1 N–H and O–H groups in total. The number of hydrogen-bond donors (Lipinski definition) is 1. The average Bonchev–Trinajstić information content (AvgIpc) is 3.42. The second-order valence-corrected chi connectivity index (χ2v) is 9.71. The predicted octanol–water partition coefficient (Wildman–Crippen LogP) is 3.65. The first-order chi connectivity index (χ1) is 12.5. The lowest BCUT2D eigenvalue weighted by atomic mass is 9.54. The quantitative estimate of drug-likeness (QED) is 0.577. The van der Waals surface area contributed by atoms with Crippen LogP contribution in [0.25, 0.3) is 0 Å². The van der Waals surface area contributed by atoms with Gasteiger partial charge in [-0.1, -0.05) is 35.9 Å². The number of allylic oxidation sites excluding steroid dienone is 4. The lowest BCUT2D eigenvalue weighted by molar-refractivity contribution is -0.141. The van der Waals surface area contributed by atoms with Crippen molar-refractivity contribution < 1.29 is 9.59 Å². The normalized spacial score (nSPS) is 50.0. The summed E-state index contributed by atoms with van der Waals surface area (Å²) < 4.78 is 0.730. The molecule has 4 atom stereocenters. The number of benzene rings is 1. The number of hydrazine groups is 1. The van der Waals surface area contributed by atoms with Crippen LogP contribution in [0.1, 0.15) is 0 Å². The van der Waals surface area contributed by atoms with Crippen LogP contribution in [-0.4, -0.2) is 16.8 Å². The SMILES string of the molecule is O=C1N(Nc2ccc(Cl)c(Br)c2)C(=O)C23C4C=CC5C4C4C(C=CC42)C153. The van der Waals surface area contributed by atoms with Crippen LogP contribution in [0.15, 0.2) is 47.0 Å². The Bertz CT molecular complexity index is 935. The second-order valence-electron chi connectivity index (χ2n) is 8.45. The van der Waals surface area contributed by atoms with Gasteiger partial charge < -0.3 is 0 Å². The number of nitrogens with zero attached hydrogens (tertiary/aromatic N) is 1. The van der Waals surface area contributed by atoms with Crippen molar-refractivity contribution in [3.05, 3.63) is 52.0 Å². The van der Waals surface area contributed by atoms with Crippen molar-refractivity contribution in [1.82, 2.24) is 5.01 Å². The monoisotopic (exact) mass is 428 g/mol. The molecule has 1 aromatic rings. The molecule has 1 aromatic carbocycles. The van der Waals surface area contributed by atoms with E-state index in [2.05, 4.69) is 45.7 Å². The van der Waals surface area contributed by atoms with Gasteiger partial charge in [-0.2, -0.15) is 5.01 Å². The molecule has 2 spiro atoms. The van der Waals surface area contributed by atoms with Crippen LogP contribution in [0.4, 0.5) is 5.69 Å². The average molecular weight is 430 g/mol. The molecule has 1 heterocycles. The van der Waals surface area contributed by atoms with E-state index in [1.165, 1.54) is 5.01 Å². The molecule has 6 heteroatoms. The van der Waals surface area contributed by atoms with Crippen molar-refractivity contribution in [3.63, 3.8) is 0 Å². The summed E-state index contributed by atoms with van der Waals surface area (Å²) in [5, 5.41) is 1.90. The Hall–Kier alpha value is -1.59. The molecule has 2 amide bonds. The smallest absolute Gasteiger partial charge is 0.256 e. The zero-order chi connectivity index (χ0) is 17.6. The van der Waals surface area contributed by atoms with Crippen LogP contribution in [0.3, 0.4) is 0 Å². The van der Waals surface area contributed by atoms with Crippen molar-refractivity contribution in [2.75, 3.05) is 5.43 Å². The summed E-state index contributed by atoms with van der Waals surface area (Å²) >= 11 is 9.47. The third-order valence-corrected chi connectivity index (χ3v) is 9.43. The molecule has 4 unspecified atom stereocenters. The maximum Gasteiger partial charge on any atom is 0.256 e. The van der Waals surface area contributed by atoms with E-state index in [1.54, 1.807) is 18.2 Å². The van der Waals surface area contributed by atoms with Crippen LogP contribution >= 0.6 is 27.5 Å². The molecule has 1 aliphatic heterocycles. The molecule has 130 valence electrons. The molecule has 4 nitrogen and oxygen atoms in total. The number of nitrogens with one attached hydrogen (secondary N) is 1. The van der Waals surface area contributed by atoms with Crippen LogP contribution in [-0.2, 0) is 9.59 Å². The van der Waals surface area contributed by atoms with Gasteiger partial charge in [-0.25, -0.2) is 0 Å². The number of imide groups is 1. The molecule has 8 rings (SSSR count). The van der Waals surface area contributed by atoms with Gasteiger partial charge in [-0.15, -0.1) is 0 Å². The number of amides is 2. The van der Waals surface area contributed by atoms with E-state index in [4.69, 9.17) is 11.6 Å². The summed E-state index contributed by atoms with van der Waals surface area (Å²) in [5.41, 5.74) is 2.68. The Labute approximate surface area is 163 Å². The maximum absolute atomic E-state index is 13.7. The van der Waals surface area contributed by atoms with Crippen molar-refractivity contribution in [1.29, 1.82) is 0 Å². The molecule has 0 radical (unpaired) electrons. The summed E-state index contributed by atoms with van der Waals surface area (Å²) in [4.78, 5) is 27.4. The lowest BCUT2D eigenvalue weighted by Gasteiger charge is -2.43. The van der Waals surface area contributed by atoms with Gasteiger partial charge in [0.2, 0.25) is 0 Å². The Balaban J connectivity index is 1.38. The summed E-state index contributed by atoms with van der Waals surface area (Å²) in [6.07, 6.45) is 8.90. The first kappa shape index (κ1) is 14.5. The van der Waals surface area contributed by atoms with Crippen molar-refractivity contribution in [3.8, 4) is 0 Å². The standard InChI is InChI=1S/C20H14BrClN2O2/c21-13-7-8(1-6-14(13)22)23-24-17(25)19-9-2-3-10-15(9)16-11(19)4-5-12(16)20(10,19)18(24)26/h1-7,9-12,15-16,23H. The van der Waals surface area contributed by atoms with Gasteiger partial charge in [-0.3, -0.25) is 15.0 Å². The first-order valence-electron chi connectivity index (χ1n) is 9.02. The van der Waals surface area contributed by atoms with E-state index in [0.717, 1.165) is 4.47 Å². The van der Waals surface area contributed by atoms with Crippen LogP contribution in [0.2, 0.25) is 5.02 Å². The fourth-order valence-electron chi connectivity index (χ4n) is 7.95. The molecule has 4 saturated carbocycles. The van der Waals surface area contributed by atoms with E-state index in [0.29, 0.717) is 22.5 Å². The van der Waals surface area contributed by atoms with Crippen molar-refractivity contribution in [2.45, 2.75) is 0 Å². The molecule has 8 bridgehead atoms. The fraction of sp³-hybridized carbons (Fsp3) is 0.400. The maximum atomic E-state index is 13.7. The minimum atomic E-state index is -0.547. The summed E-state index contributed by atoms with van der Waals surface area (Å²) in [7, 11) is 0.